The molecule has 1 N–H and O–H groups in total. The largest absolute Gasteiger partial charge is 0.355 e. The topological polar surface area (TPSA) is 42.7 Å². The fourth-order valence-corrected chi connectivity index (χ4v) is 2.36. The number of rotatable bonds is 4. The van der Waals surface area contributed by atoms with Crippen molar-refractivity contribution in [3.8, 4) is 0 Å². The molecular formula is C11H16N4S. The number of nitrogens with zero attached hydrogens (tertiary/aromatic N) is 3. The van der Waals surface area contributed by atoms with Gasteiger partial charge in [-0.05, 0) is 13.8 Å². The molecule has 0 aromatic carbocycles. The molecule has 16 heavy (non-hydrogen) atoms. The lowest BCUT2D eigenvalue weighted by Crippen LogP contribution is -2.08. The van der Waals surface area contributed by atoms with Crippen LogP contribution in [0.3, 0.4) is 0 Å². The van der Waals surface area contributed by atoms with Gasteiger partial charge in [-0.1, -0.05) is 0 Å². The Bertz CT molecular complexity index is 472. The standard InChI is InChI=1S/C11H16N4S/c1-8-6-15(3)11(14-8)12-5-4-10-13-9(2)7-16-10/h6-7H,4-5H2,1-3H3,(H,12,14). The van der Waals surface area contributed by atoms with Crippen molar-refractivity contribution >= 4 is 17.3 Å². The Balaban J connectivity index is 1.86. The Hall–Kier alpha value is -1.36. The Morgan fingerprint density at radius 1 is 1.31 bits per heavy atom. The second-order valence-electron chi connectivity index (χ2n) is 3.88. The van der Waals surface area contributed by atoms with E-state index in [4.69, 9.17) is 0 Å². The maximum Gasteiger partial charge on any atom is 0.202 e. The van der Waals surface area contributed by atoms with Crippen molar-refractivity contribution < 1.29 is 0 Å². The third-order valence-corrected chi connectivity index (χ3v) is 3.31. The first kappa shape index (κ1) is 11.1. The first-order valence-corrected chi connectivity index (χ1v) is 6.18. The van der Waals surface area contributed by atoms with Crippen LogP contribution in [-0.4, -0.2) is 21.1 Å². The molecule has 2 aromatic rings. The number of anilines is 1. The lowest BCUT2D eigenvalue weighted by molar-refractivity contribution is 0.886. The fourth-order valence-electron chi connectivity index (χ4n) is 1.58. The van der Waals surface area contributed by atoms with Crippen molar-refractivity contribution in [2.75, 3.05) is 11.9 Å². The highest BCUT2D eigenvalue weighted by molar-refractivity contribution is 7.09. The predicted octanol–water partition coefficient (Wildman–Crippen LogP) is 2.15. The van der Waals surface area contributed by atoms with Crippen molar-refractivity contribution in [2.45, 2.75) is 20.3 Å². The lowest BCUT2D eigenvalue weighted by atomic mass is 10.4. The van der Waals surface area contributed by atoms with Gasteiger partial charge in [0.2, 0.25) is 5.95 Å². The first-order chi connectivity index (χ1) is 7.65. The number of hydrogen-bond acceptors (Lipinski definition) is 4. The molecule has 5 heteroatoms. The van der Waals surface area contributed by atoms with E-state index in [2.05, 4.69) is 20.7 Å². The lowest BCUT2D eigenvalue weighted by Gasteiger charge is -2.03. The van der Waals surface area contributed by atoms with Gasteiger partial charge in [-0.2, -0.15) is 0 Å². The van der Waals surface area contributed by atoms with Gasteiger partial charge in [0.25, 0.3) is 0 Å². The number of thiazole rings is 1. The van der Waals surface area contributed by atoms with Gasteiger partial charge in [-0.25, -0.2) is 9.97 Å². The van der Waals surface area contributed by atoms with Gasteiger partial charge < -0.3 is 9.88 Å². The van der Waals surface area contributed by atoms with Crippen LogP contribution >= 0.6 is 11.3 Å². The summed E-state index contributed by atoms with van der Waals surface area (Å²) in [5, 5.41) is 6.57. The molecule has 0 aliphatic carbocycles. The van der Waals surface area contributed by atoms with E-state index < -0.39 is 0 Å². The highest BCUT2D eigenvalue weighted by Gasteiger charge is 2.02. The summed E-state index contributed by atoms with van der Waals surface area (Å²) in [4.78, 5) is 8.80. The quantitative estimate of drug-likeness (QED) is 0.884. The Morgan fingerprint density at radius 2 is 2.12 bits per heavy atom. The molecule has 0 bridgehead atoms. The van der Waals surface area contributed by atoms with E-state index in [0.717, 1.165) is 30.3 Å². The molecule has 0 saturated carbocycles. The third kappa shape index (κ3) is 2.61. The number of nitrogens with one attached hydrogen (secondary N) is 1. The van der Waals surface area contributed by atoms with Crippen molar-refractivity contribution in [1.29, 1.82) is 0 Å². The average molecular weight is 236 g/mol. The van der Waals surface area contributed by atoms with Crippen LogP contribution in [-0.2, 0) is 13.5 Å². The summed E-state index contributed by atoms with van der Waals surface area (Å²) in [6, 6.07) is 0. The van der Waals surface area contributed by atoms with E-state index in [1.807, 2.05) is 31.7 Å². The van der Waals surface area contributed by atoms with Crippen LogP contribution in [0.25, 0.3) is 0 Å². The SMILES string of the molecule is Cc1csc(CCNc2nc(C)cn2C)n1. The van der Waals surface area contributed by atoms with Crippen LogP contribution in [0.4, 0.5) is 5.95 Å². The maximum atomic E-state index is 4.42. The highest BCUT2D eigenvalue weighted by atomic mass is 32.1. The van der Waals surface area contributed by atoms with Gasteiger partial charge in [-0.15, -0.1) is 11.3 Å². The zero-order valence-electron chi connectivity index (χ0n) is 9.82. The van der Waals surface area contributed by atoms with Gasteiger partial charge in [0.05, 0.1) is 10.7 Å². The van der Waals surface area contributed by atoms with Gasteiger partial charge in [0.1, 0.15) is 0 Å². The van der Waals surface area contributed by atoms with Gasteiger partial charge in [0.15, 0.2) is 0 Å². The van der Waals surface area contributed by atoms with Crippen molar-refractivity contribution in [2.24, 2.45) is 7.05 Å². The minimum atomic E-state index is 0.872. The second kappa shape index (κ2) is 4.65. The van der Waals surface area contributed by atoms with Crippen molar-refractivity contribution in [3.63, 3.8) is 0 Å². The van der Waals surface area contributed by atoms with E-state index in [1.165, 1.54) is 5.01 Å². The predicted molar refractivity (Wildman–Crippen MR) is 67.0 cm³/mol. The average Bonchev–Trinajstić information content (AvgIpc) is 2.74. The van der Waals surface area contributed by atoms with Gasteiger partial charge in [-0.3, -0.25) is 0 Å². The van der Waals surface area contributed by atoms with Crippen LogP contribution in [0, 0.1) is 13.8 Å². The van der Waals surface area contributed by atoms with E-state index in [1.54, 1.807) is 11.3 Å². The summed E-state index contributed by atoms with van der Waals surface area (Å²) in [5.74, 6) is 0.922. The summed E-state index contributed by atoms with van der Waals surface area (Å²) in [6.45, 7) is 4.89. The Labute approximate surface area is 99.4 Å². The molecule has 2 heterocycles. The molecule has 4 nitrogen and oxygen atoms in total. The fraction of sp³-hybridized carbons (Fsp3) is 0.455. The maximum absolute atomic E-state index is 4.42. The smallest absolute Gasteiger partial charge is 0.202 e. The second-order valence-corrected chi connectivity index (χ2v) is 4.82. The Morgan fingerprint density at radius 3 is 2.69 bits per heavy atom. The summed E-state index contributed by atoms with van der Waals surface area (Å²) < 4.78 is 2.00. The highest BCUT2D eigenvalue weighted by Crippen LogP contribution is 2.10. The van der Waals surface area contributed by atoms with E-state index >= 15 is 0 Å². The third-order valence-electron chi connectivity index (χ3n) is 2.29. The zero-order chi connectivity index (χ0) is 11.5. The molecule has 0 fully saturated rings. The van der Waals surface area contributed by atoms with E-state index in [9.17, 15) is 0 Å². The van der Waals surface area contributed by atoms with Crippen LogP contribution in [0.5, 0.6) is 0 Å². The minimum absolute atomic E-state index is 0.872. The van der Waals surface area contributed by atoms with E-state index in [0.29, 0.717) is 0 Å². The molecule has 0 spiro atoms. The molecule has 0 atom stereocenters. The van der Waals surface area contributed by atoms with Crippen LogP contribution < -0.4 is 5.32 Å². The molecule has 0 saturated heterocycles. The first-order valence-electron chi connectivity index (χ1n) is 5.30. The van der Waals surface area contributed by atoms with Crippen molar-refractivity contribution in [1.82, 2.24) is 14.5 Å². The monoisotopic (exact) mass is 236 g/mol. The molecule has 0 amide bonds. The number of hydrogen-bond donors (Lipinski definition) is 1. The molecule has 86 valence electrons. The van der Waals surface area contributed by atoms with Crippen LogP contribution in [0.2, 0.25) is 0 Å². The van der Waals surface area contributed by atoms with Crippen LogP contribution in [0.1, 0.15) is 16.4 Å². The molecule has 0 unspecified atom stereocenters. The molecule has 0 aliphatic heterocycles. The summed E-state index contributed by atoms with van der Waals surface area (Å²) >= 11 is 1.72. The van der Waals surface area contributed by atoms with Crippen molar-refractivity contribution in [3.05, 3.63) is 28.0 Å². The number of aromatic nitrogens is 3. The molecule has 0 aliphatic rings. The van der Waals surface area contributed by atoms with Gasteiger partial charge >= 0.3 is 0 Å². The summed E-state index contributed by atoms with van der Waals surface area (Å²) in [7, 11) is 2.00. The normalized spacial score (nSPS) is 10.7. The summed E-state index contributed by atoms with van der Waals surface area (Å²) in [5.41, 5.74) is 2.14. The molecule has 2 aromatic heterocycles. The van der Waals surface area contributed by atoms with E-state index in [-0.39, 0.29) is 0 Å². The molecular weight excluding hydrogens is 220 g/mol. The van der Waals surface area contributed by atoms with Crippen LogP contribution in [0.15, 0.2) is 11.6 Å². The number of imidazole rings is 1. The summed E-state index contributed by atoms with van der Waals surface area (Å²) in [6.07, 6.45) is 2.96. The molecule has 2 rings (SSSR count). The zero-order valence-corrected chi connectivity index (χ0v) is 10.6. The molecule has 0 radical (unpaired) electrons. The Kier molecular flexibility index (Phi) is 3.24. The number of aryl methyl sites for hydroxylation is 3. The van der Waals surface area contributed by atoms with Gasteiger partial charge in [0, 0.05) is 37.3 Å². The minimum Gasteiger partial charge on any atom is -0.355 e.